The van der Waals surface area contributed by atoms with Crippen molar-refractivity contribution in [3.63, 3.8) is 0 Å². The van der Waals surface area contributed by atoms with Gasteiger partial charge in [0.05, 0.1) is 4.92 Å². The number of rotatable bonds is 3. The summed E-state index contributed by atoms with van der Waals surface area (Å²) in [6, 6.07) is 6.68. The van der Waals surface area contributed by atoms with Crippen molar-refractivity contribution in [2.24, 2.45) is 0 Å². The van der Waals surface area contributed by atoms with Crippen molar-refractivity contribution in [3.8, 4) is 0 Å². The smallest absolute Gasteiger partial charge is 0.301 e. The van der Waals surface area contributed by atoms with E-state index in [-0.39, 0.29) is 5.69 Å². The van der Waals surface area contributed by atoms with Gasteiger partial charge in [0.25, 0.3) is 0 Å². The van der Waals surface area contributed by atoms with E-state index in [1.54, 1.807) is 29.2 Å². The SMILES string of the molecule is O=c1[nH]c(C=Cc2ccc(Cl)cc2)c([N+](=O)[O-])c(=O)[nH]1. The van der Waals surface area contributed by atoms with Crippen molar-refractivity contribution in [1.29, 1.82) is 0 Å². The number of hydrogen-bond donors (Lipinski definition) is 2. The lowest BCUT2D eigenvalue weighted by atomic mass is 10.2. The fraction of sp³-hybridized carbons (Fsp3) is 0. The maximum atomic E-state index is 11.4. The number of H-pyrrole nitrogens is 2. The zero-order chi connectivity index (χ0) is 14.7. The van der Waals surface area contributed by atoms with Crippen LogP contribution in [0.3, 0.4) is 0 Å². The van der Waals surface area contributed by atoms with E-state index in [1.165, 1.54) is 12.2 Å². The van der Waals surface area contributed by atoms with Crippen LogP contribution in [-0.4, -0.2) is 14.9 Å². The third-order valence-electron chi connectivity index (χ3n) is 2.44. The number of nitro groups is 1. The molecule has 1 aromatic carbocycles. The van der Waals surface area contributed by atoms with E-state index < -0.39 is 21.9 Å². The summed E-state index contributed by atoms with van der Waals surface area (Å²) >= 11 is 5.73. The number of aromatic amines is 2. The van der Waals surface area contributed by atoms with Gasteiger partial charge < -0.3 is 4.98 Å². The predicted molar refractivity (Wildman–Crippen MR) is 74.7 cm³/mol. The first kappa shape index (κ1) is 13.8. The Kier molecular flexibility index (Phi) is 3.81. The Morgan fingerprint density at radius 2 is 1.75 bits per heavy atom. The molecule has 2 N–H and O–H groups in total. The molecule has 0 saturated heterocycles. The van der Waals surface area contributed by atoms with Gasteiger partial charge in [0, 0.05) is 5.02 Å². The minimum absolute atomic E-state index is 0.168. The molecular formula is C12H8ClN3O4. The molecule has 0 saturated carbocycles. The maximum absolute atomic E-state index is 11.4. The highest BCUT2D eigenvalue weighted by Crippen LogP contribution is 2.14. The quantitative estimate of drug-likeness (QED) is 0.664. The number of hydrogen-bond acceptors (Lipinski definition) is 4. The average Bonchev–Trinajstić information content (AvgIpc) is 2.36. The van der Waals surface area contributed by atoms with Gasteiger partial charge >= 0.3 is 16.9 Å². The molecule has 0 fully saturated rings. The van der Waals surface area contributed by atoms with Gasteiger partial charge in [-0.05, 0) is 23.8 Å². The van der Waals surface area contributed by atoms with Gasteiger partial charge in [-0.2, -0.15) is 0 Å². The zero-order valence-electron chi connectivity index (χ0n) is 9.92. The van der Waals surface area contributed by atoms with Gasteiger partial charge in [-0.1, -0.05) is 29.8 Å². The Morgan fingerprint density at radius 1 is 1.10 bits per heavy atom. The molecule has 2 aromatic rings. The van der Waals surface area contributed by atoms with Crippen molar-refractivity contribution < 1.29 is 4.92 Å². The number of nitrogens with one attached hydrogen (secondary N) is 2. The third-order valence-corrected chi connectivity index (χ3v) is 2.69. The maximum Gasteiger partial charge on any atom is 0.357 e. The van der Waals surface area contributed by atoms with Crippen molar-refractivity contribution in [2.45, 2.75) is 0 Å². The van der Waals surface area contributed by atoms with Gasteiger partial charge in [0.2, 0.25) is 0 Å². The fourth-order valence-corrected chi connectivity index (χ4v) is 1.68. The lowest BCUT2D eigenvalue weighted by Gasteiger charge is -1.97. The van der Waals surface area contributed by atoms with Crippen LogP contribution in [0.1, 0.15) is 11.3 Å². The Hall–Kier alpha value is -2.67. The number of benzene rings is 1. The monoisotopic (exact) mass is 293 g/mol. The first-order valence-corrected chi connectivity index (χ1v) is 5.80. The minimum Gasteiger partial charge on any atom is -0.301 e. The molecule has 0 radical (unpaired) electrons. The lowest BCUT2D eigenvalue weighted by Crippen LogP contribution is -2.25. The molecule has 0 bridgehead atoms. The molecular weight excluding hydrogens is 286 g/mol. The van der Waals surface area contributed by atoms with Gasteiger partial charge in [-0.3, -0.25) is 19.9 Å². The summed E-state index contributed by atoms with van der Waals surface area (Å²) in [7, 11) is 0. The second-order valence-corrected chi connectivity index (χ2v) is 4.25. The van der Waals surface area contributed by atoms with E-state index in [1.807, 2.05) is 0 Å². The van der Waals surface area contributed by atoms with Crippen LogP contribution < -0.4 is 11.2 Å². The van der Waals surface area contributed by atoms with Gasteiger partial charge in [-0.15, -0.1) is 0 Å². The molecule has 0 aliphatic heterocycles. The van der Waals surface area contributed by atoms with Gasteiger partial charge in [-0.25, -0.2) is 4.79 Å². The highest BCUT2D eigenvalue weighted by Gasteiger charge is 2.18. The number of aromatic nitrogens is 2. The third kappa shape index (κ3) is 3.01. The van der Waals surface area contributed by atoms with Gasteiger partial charge in [0.15, 0.2) is 0 Å². The standard InChI is InChI=1S/C12H8ClN3O4/c13-8-4-1-7(2-5-8)3-6-9-10(16(19)20)11(17)15-12(18)14-9/h1-6H,(H2,14,15,17,18). The first-order chi connectivity index (χ1) is 9.47. The van der Waals surface area contributed by atoms with Crippen LogP contribution in [0, 0.1) is 10.1 Å². The first-order valence-electron chi connectivity index (χ1n) is 5.42. The van der Waals surface area contributed by atoms with E-state index in [0.29, 0.717) is 10.6 Å². The molecule has 0 amide bonds. The normalized spacial score (nSPS) is 10.8. The molecule has 0 atom stereocenters. The van der Waals surface area contributed by atoms with Crippen LogP contribution in [-0.2, 0) is 0 Å². The number of halogens is 1. The second kappa shape index (κ2) is 5.54. The van der Waals surface area contributed by atoms with E-state index in [0.717, 1.165) is 0 Å². The lowest BCUT2D eigenvalue weighted by molar-refractivity contribution is -0.386. The van der Waals surface area contributed by atoms with Crippen molar-refractivity contribution in [3.05, 3.63) is 71.5 Å². The predicted octanol–water partition coefficient (Wildman–Crippen LogP) is 1.80. The van der Waals surface area contributed by atoms with Crippen LogP contribution >= 0.6 is 11.6 Å². The Balaban J connectivity index is 2.48. The van der Waals surface area contributed by atoms with Crippen LogP contribution in [0.25, 0.3) is 12.2 Å². The summed E-state index contributed by atoms with van der Waals surface area (Å²) in [5, 5.41) is 11.4. The van der Waals surface area contributed by atoms with E-state index >= 15 is 0 Å². The van der Waals surface area contributed by atoms with E-state index in [9.17, 15) is 19.7 Å². The van der Waals surface area contributed by atoms with Crippen molar-refractivity contribution in [2.75, 3.05) is 0 Å². The molecule has 1 heterocycles. The summed E-state index contributed by atoms with van der Waals surface area (Å²) in [5.74, 6) is 0. The van der Waals surface area contributed by atoms with Crippen LogP contribution in [0.15, 0.2) is 33.9 Å². The van der Waals surface area contributed by atoms with Crippen LogP contribution in [0.5, 0.6) is 0 Å². The molecule has 1 aromatic heterocycles. The highest BCUT2D eigenvalue weighted by molar-refractivity contribution is 6.30. The van der Waals surface area contributed by atoms with E-state index in [2.05, 4.69) is 4.98 Å². The topological polar surface area (TPSA) is 109 Å². The Bertz CT molecular complexity index is 790. The van der Waals surface area contributed by atoms with Crippen molar-refractivity contribution in [1.82, 2.24) is 9.97 Å². The molecule has 102 valence electrons. The fourth-order valence-electron chi connectivity index (χ4n) is 1.55. The average molecular weight is 294 g/mol. The number of nitrogens with zero attached hydrogens (tertiary/aromatic N) is 1. The Morgan fingerprint density at radius 3 is 2.35 bits per heavy atom. The molecule has 20 heavy (non-hydrogen) atoms. The minimum atomic E-state index is -1.05. The van der Waals surface area contributed by atoms with Crippen molar-refractivity contribution >= 4 is 29.4 Å². The summed E-state index contributed by atoms with van der Waals surface area (Å²) in [6.45, 7) is 0. The molecule has 0 unspecified atom stereocenters. The summed E-state index contributed by atoms with van der Waals surface area (Å²) in [5.41, 5.74) is -2.02. The van der Waals surface area contributed by atoms with Gasteiger partial charge in [0.1, 0.15) is 5.69 Å². The molecule has 0 aliphatic carbocycles. The zero-order valence-corrected chi connectivity index (χ0v) is 10.7. The summed E-state index contributed by atoms with van der Waals surface area (Å²) in [4.78, 5) is 36.5. The second-order valence-electron chi connectivity index (χ2n) is 3.81. The molecule has 8 heteroatoms. The van der Waals surface area contributed by atoms with Crippen LogP contribution in [0.2, 0.25) is 5.02 Å². The molecule has 7 nitrogen and oxygen atoms in total. The Labute approximate surface area is 116 Å². The molecule has 0 aliphatic rings. The highest BCUT2D eigenvalue weighted by atomic mass is 35.5. The van der Waals surface area contributed by atoms with E-state index in [4.69, 9.17) is 11.6 Å². The largest absolute Gasteiger partial charge is 0.357 e. The summed E-state index contributed by atoms with van der Waals surface area (Å²) < 4.78 is 0. The summed E-state index contributed by atoms with van der Waals surface area (Å²) in [6.07, 6.45) is 2.81. The molecule has 0 spiro atoms. The molecule has 2 rings (SSSR count). The van der Waals surface area contributed by atoms with Crippen LogP contribution in [0.4, 0.5) is 5.69 Å².